The van der Waals surface area contributed by atoms with Gasteiger partial charge in [0.25, 0.3) is 0 Å². The summed E-state index contributed by atoms with van der Waals surface area (Å²) in [6.07, 6.45) is -11.7. The van der Waals surface area contributed by atoms with Gasteiger partial charge in [-0.25, -0.2) is 4.39 Å². The van der Waals surface area contributed by atoms with E-state index in [0.29, 0.717) is 40.7 Å². The Hall–Kier alpha value is -1.51. The minimum Gasteiger partial charge on any atom is -0.312 e. The second kappa shape index (κ2) is 8.47. The fourth-order valence-corrected chi connectivity index (χ4v) is 2.82. The zero-order valence-corrected chi connectivity index (χ0v) is 15.6. The zero-order chi connectivity index (χ0) is 21.2. The minimum absolute atomic E-state index is 0.179. The summed E-state index contributed by atoms with van der Waals surface area (Å²) in [7, 11) is 0. The molecule has 154 valence electrons. The number of benzene rings is 2. The molecule has 0 aromatic heterocycles. The van der Waals surface area contributed by atoms with Crippen molar-refractivity contribution in [2.45, 2.75) is 31.0 Å². The molecule has 0 aliphatic heterocycles. The van der Waals surface area contributed by atoms with E-state index in [0.717, 1.165) is 17.7 Å². The Kier molecular flexibility index (Phi) is 6.89. The van der Waals surface area contributed by atoms with Gasteiger partial charge in [-0.05, 0) is 36.2 Å². The monoisotopic (exact) mass is 447 g/mol. The molecule has 0 saturated carbocycles. The van der Waals surface area contributed by atoms with E-state index >= 15 is 0 Å². The Morgan fingerprint density at radius 2 is 1.25 bits per heavy atom. The highest BCUT2D eigenvalue weighted by molar-refractivity contribution is 6.42. The van der Waals surface area contributed by atoms with Crippen LogP contribution in [0.5, 0.6) is 0 Å². The van der Waals surface area contributed by atoms with Gasteiger partial charge in [-0.2, -0.15) is 26.3 Å². The highest BCUT2D eigenvalue weighted by Crippen LogP contribution is 2.53. The average Bonchev–Trinajstić information content (AvgIpc) is 2.59. The third-order valence-electron chi connectivity index (χ3n) is 4.04. The van der Waals surface area contributed by atoms with E-state index in [2.05, 4.69) is 5.32 Å². The molecule has 0 aliphatic carbocycles. The fourth-order valence-electron chi connectivity index (χ4n) is 2.50. The third kappa shape index (κ3) is 4.90. The number of nitrogens with one attached hydrogen (secondary N) is 1. The number of alkyl halides is 7. The van der Waals surface area contributed by atoms with Gasteiger partial charge in [0, 0.05) is 12.1 Å². The van der Waals surface area contributed by atoms with Crippen LogP contribution in [0.1, 0.15) is 16.7 Å². The van der Waals surface area contributed by atoms with E-state index in [1.807, 2.05) is 0 Å². The van der Waals surface area contributed by atoms with E-state index in [1.54, 1.807) is 18.2 Å². The molecule has 2 aromatic carbocycles. The highest BCUT2D eigenvalue weighted by Gasteiger charge is 2.73. The summed E-state index contributed by atoms with van der Waals surface area (Å²) in [5.74, 6) is 0. The predicted molar refractivity (Wildman–Crippen MR) is 93.2 cm³/mol. The average molecular weight is 448 g/mol. The van der Waals surface area contributed by atoms with E-state index in [1.165, 1.54) is 0 Å². The molecule has 0 aliphatic rings. The molecule has 0 spiro atoms. The maximum atomic E-state index is 13.9. The van der Waals surface area contributed by atoms with Gasteiger partial charge in [0.2, 0.25) is 0 Å². The lowest BCUT2D eigenvalue weighted by molar-refractivity contribution is -0.348. The lowest BCUT2D eigenvalue weighted by Gasteiger charge is -2.30. The summed E-state index contributed by atoms with van der Waals surface area (Å²) in [4.78, 5) is 0. The van der Waals surface area contributed by atoms with Gasteiger partial charge in [-0.3, -0.25) is 0 Å². The van der Waals surface area contributed by atoms with Crippen molar-refractivity contribution in [2.24, 2.45) is 0 Å². The summed E-state index contributed by atoms with van der Waals surface area (Å²) in [6.45, 7) is 0.650. The maximum Gasteiger partial charge on any atom is 0.435 e. The maximum absolute atomic E-state index is 13.9. The summed E-state index contributed by atoms with van der Waals surface area (Å²) in [6, 6.07) is 8.15. The van der Waals surface area contributed by atoms with Crippen LogP contribution in [-0.2, 0) is 18.6 Å². The van der Waals surface area contributed by atoms with E-state index in [4.69, 9.17) is 23.2 Å². The largest absolute Gasteiger partial charge is 0.435 e. The first-order valence-corrected chi connectivity index (χ1v) is 8.68. The Balaban J connectivity index is 1.99. The molecule has 28 heavy (non-hydrogen) atoms. The van der Waals surface area contributed by atoms with Gasteiger partial charge in [0.15, 0.2) is 0 Å². The second-order valence-corrected chi connectivity index (χ2v) is 6.84. The molecule has 1 N–H and O–H groups in total. The van der Waals surface area contributed by atoms with Crippen molar-refractivity contribution in [3.63, 3.8) is 0 Å². The van der Waals surface area contributed by atoms with Gasteiger partial charge >= 0.3 is 18.0 Å². The SMILES string of the molecule is FC(F)(F)C(F)(c1ccc(CNCCc2ccc(Cl)c(Cl)c2)cc1)C(F)(F)F. The van der Waals surface area contributed by atoms with Crippen molar-refractivity contribution >= 4 is 23.2 Å². The van der Waals surface area contributed by atoms with Gasteiger partial charge < -0.3 is 5.32 Å². The van der Waals surface area contributed by atoms with Crippen molar-refractivity contribution in [3.8, 4) is 0 Å². The van der Waals surface area contributed by atoms with Crippen molar-refractivity contribution < 1.29 is 30.7 Å². The lowest BCUT2D eigenvalue weighted by Crippen LogP contribution is -2.50. The Morgan fingerprint density at radius 1 is 0.714 bits per heavy atom. The molecular weight excluding hydrogens is 434 g/mol. The lowest BCUT2D eigenvalue weighted by atomic mass is 9.93. The Labute approximate surface area is 166 Å². The van der Waals surface area contributed by atoms with Crippen LogP contribution in [0.2, 0.25) is 10.0 Å². The van der Waals surface area contributed by atoms with Crippen LogP contribution in [-0.4, -0.2) is 18.9 Å². The summed E-state index contributed by atoms with van der Waals surface area (Å²) in [5, 5.41) is 3.81. The first-order valence-electron chi connectivity index (χ1n) is 7.92. The molecular formula is C18H14Cl2F7N. The van der Waals surface area contributed by atoms with E-state index in [-0.39, 0.29) is 6.54 Å². The van der Waals surface area contributed by atoms with Gasteiger partial charge in [0.1, 0.15) is 0 Å². The smallest absolute Gasteiger partial charge is 0.312 e. The first-order chi connectivity index (χ1) is 12.9. The zero-order valence-electron chi connectivity index (χ0n) is 14.1. The molecule has 0 bridgehead atoms. The molecule has 0 unspecified atom stereocenters. The van der Waals surface area contributed by atoms with Gasteiger partial charge in [-0.15, -0.1) is 0 Å². The topological polar surface area (TPSA) is 12.0 Å². The van der Waals surface area contributed by atoms with Crippen molar-refractivity contribution in [2.75, 3.05) is 6.54 Å². The molecule has 0 radical (unpaired) electrons. The molecule has 10 heteroatoms. The molecule has 0 fully saturated rings. The standard InChI is InChI=1S/C18H14Cl2F7N/c19-14-6-3-11(9-15(14)20)7-8-28-10-12-1-4-13(5-2-12)16(21,17(22,23)24)18(25,26)27/h1-6,9,28H,7-8,10H2. The summed E-state index contributed by atoms with van der Waals surface area (Å²) < 4.78 is 90.3. The molecule has 2 aromatic rings. The molecule has 2 rings (SSSR count). The normalized spacial score (nSPS) is 13.0. The third-order valence-corrected chi connectivity index (χ3v) is 4.78. The quantitative estimate of drug-likeness (QED) is 0.387. The van der Waals surface area contributed by atoms with E-state index in [9.17, 15) is 30.7 Å². The molecule has 0 heterocycles. The minimum atomic E-state index is -6.12. The number of hydrogen-bond donors (Lipinski definition) is 1. The predicted octanol–water partition coefficient (Wildman–Crippen LogP) is 6.62. The Morgan fingerprint density at radius 3 is 1.75 bits per heavy atom. The van der Waals surface area contributed by atoms with Crippen LogP contribution in [0.3, 0.4) is 0 Å². The van der Waals surface area contributed by atoms with Crippen LogP contribution in [0, 0.1) is 0 Å². The number of rotatable bonds is 6. The number of halogens is 9. The van der Waals surface area contributed by atoms with Gasteiger partial charge in [-0.1, -0.05) is 53.5 Å². The Bertz CT molecular complexity index is 787. The van der Waals surface area contributed by atoms with Crippen molar-refractivity contribution in [1.82, 2.24) is 5.32 Å². The van der Waals surface area contributed by atoms with E-state index < -0.39 is 23.6 Å². The molecule has 1 nitrogen and oxygen atoms in total. The van der Waals surface area contributed by atoms with Crippen LogP contribution in [0.15, 0.2) is 42.5 Å². The van der Waals surface area contributed by atoms with Crippen molar-refractivity contribution in [3.05, 3.63) is 69.2 Å². The van der Waals surface area contributed by atoms with Crippen LogP contribution >= 0.6 is 23.2 Å². The molecule has 0 saturated heterocycles. The summed E-state index contributed by atoms with van der Waals surface area (Å²) in [5.41, 5.74) is -5.62. The molecule has 0 amide bonds. The molecule has 0 atom stereocenters. The van der Waals surface area contributed by atoms with Crippen molar-refractivity contribution in [1.29, 1.82) is 0 Å². The first kappa shape index (κ1) is 22.8. The fraction of sp³-hybridized carbons (Fsp3) is 0.333. The van der Waals surface area contributed by atoms with Crippen LogP contribution in [0.25, 0.3) is 0 Å². The van der Waals surface area contributed by atoms with Crippen LogP contribution < -0.4 is 5.32 Å². The highest BCUT2D eigenvalue weighted by atomic mass is 35.5. The van der Waals surface area contributed by atoms with Crippen LogP contribution in [0.4, 0.5) is 30.7 Å². The number of hydrogen-bond acceptors (Lipinski definition) is 1. The second-order valence-electron chi connectivity index (χ2n) is 6.03. The summed E-state index contributed by atoms with van der Waals surface area (Å²) >= 11 is 11.7. The van der Waals surface area contributed by atoms with Gasteiger partial charge in [0.05, 0.1) is 10.0 Å².